The third-order valence-corrected chi connectivity index (χ3v) is 12.9. The Morgan fingerprint density at radius 1 is 0.721 bits per heavy atom. The highest BCUT2D eigenvalue weighted by Gasteiger charge is 2.40. The molecule has 0 aliphatic carbocycles. The fourth-order valence-corrected chi connectivity index (χ4v) is 5.76. The summed E-state index contributed by atoms with van der Waals surface area (Å²) in [6.45, 7) is 11.3. The van der Waals surface area contributed by atoms with E-state index in [-0.39, 0.29) is 31.5 Å². The fraction of sp³-hybridized carbons (Fsp3) is 0.455. The SMILES string of the molecule is COc1ccc(C(OC[C@H](CO[Si](C)(C)C(C)(C)C)OCCOS(C)(=O)=O)(c2ccccc2)c2ccc(OC)cc2)cc1. The van der Waals surface area contributed by atoms with Gasteiger partial charge in [0.05, 0.1) is 46.9 Å². The summed E-state index contributed by atoms with van der Waals surface area (Å²) in [5.74, 6) is 1.46. The predicted molar refractivity (Wildman–Crippen MR) is 172 cm³/mol. The van der Waals surface area contributed by atoms with Crippen LogP contribution in [0.1, 0.15) is 37.5 Å². The van der Waals surface area contributed by atoms with Crippen LogP contribution in [0.5, 0.6) is 11.5 Å². The topological polar surface area (TPSA) is 89.5 Å². The summed E-state index contributed by atoms with van der Waals surface area (Å²) in [6, 6.07) is 25.7. The molecular formula is C33H46O8SSi. The maximum Gasteiger partial charge on any atom is 0.264 e. The third-order valence-electron chi connectivity index (χ3n) is 7.83. The van der Waals surface area contributed by atoms with Crippen molar-refractivity contribution in [2.45, 2.75) is 50.6 Å². The summed E-state index contributed by atoms with van der Waals surface area (Å²) in [5.41, 5.74) is 1.69. The molecule has 0 unspecified atom stereocenters. The van der Waals surface area contributed by atoms with Gasteiger partial charge in [0, 0.05) is 0 Å². The Morgan fingerprint density at radius 2 is 1.21 bits per heavy atom. The summed E-state index contributed by atoms with van der Waals surface area (Å²) in [5, 5.41) is -0.00219. The Bertz CT molecular complexity index is 1320. The van der Waals surface area contributed by atoms with E-state index < -0.39 is 30.1 Å². The van der Waals surface area contributed by atoms with E-state index in [0.717, 1.165) is 34.4 Å². The number of methoxy groups -OCH3 is 2. The van der Waals surface area contributed by atoms with Gasteiger partial charge in [0.2, 0.25) is 0 Å². The molecule has 0 radical (unpaired) electrons. The zero-order chi connectivity index (χ0) is 31.7. The molecular weight excluding hydrogens is 585 g/mol. The third kappa shape index (κ3) is 9.38. The molecule has 0 amide bonds. The molecule has 0 aromatic heterocycles. The lowest BCUT2D eigenvalue weighted by Gasteiger charge is -2.39. The molecule has 43 heavy (non-hydrogen) atoms. The second kappa shape index (κ2) is 14.8. The standard InChI is InChI=1S/C33H46O8SSi/c1-32(2,3)43(7,8)41-25-31(38-22-23-40-42(6,34)35)24-39-33(26-12-10-9-11-13-26,27-14-18-29(36-4)19-15-27)28-16-20-30(37-5)21-17-28/h9-21,31H,22-25H2,1-8H3/t31-/m1/s1. The van der Waals surface area contributed by atoms with Crippen molar-refractivity contribution in [3.8, 4) is 11.5 Å². The quantitative estimate of drug-likeness (QED) is 0.0778. The molecule has 0 saturated heterocycles. The average molecular weight is 631 g/mol. The van der Waals surface area contributed by atoms with Crippen molar-refractivity contribution in [3.05, 3.63) is 95.6 Å². The highest BCUT2D eigenvalue weighted by molar-refractivity contribution is 7.85. The van der Waals surface area contributed by atoms with Crippen LogP contribution in [-0.4, -0.2) is 69.7 Å². The lowest BCUT2D eigenvalue weighted by Crippen LogP contribution is -2.44. The normalized spacial score (nSPS) is 13.5. The van der Waals surface area contributed by atoms with Gasteiger partial charge in [-0.3, -0.25) is 4.18 Å². The smallest absolute Gasteiger partial charge is 0.264 e. The summed E-state index contributed by atoms with van der Waals surface area (Å²) < 4.78 is 58.6. The first kappa shape index (κ1) is 34.8. The van der Waals surface area contributed by atoms with Crippen LogP contribution in [0.2, 0.25) is 18.1 Å². The largest absolute Gasteiger partial charge is 0.497 e. The number of rotatable bonds is 16. The molecule has 0 aliphatic rings. The van der Waals surface area contributed by atoms with Crippen molar-refractivity contribution in [2.24, 2.45) is 0 Å². The van der Waals surface area contributed by atoms with Crippen LogP contribution in [0.3, 0.4) is 0 Å². The number of hydrogen-bond donors (Lipinski definition) is 0. The van der Waals surface area contributed by atoms with Crippen LogP contribution < -0.4 is 9.47 Å². The van der Waals surface area contributed by atoms with Gasteiger partial charge in [0.15, 0.2) is 8.32 Å². The Morgan fingerprint density at radius 3 is 1.65 bits per heavy atom. The Hall–Kier alpha value is -2.73. The van der Waals surface area contributed by atoms with Gasteiger partial charge in [-0.15, -0.1) is 0 Å². The Kier molecular flexibility index (Phi) is 12.0. The van der Waals surface area contributed by atoms with Gasteiger partial charge in [-0.05, 0) is 59.1 Å². The van der Waals surface area contributed by atoms with Crippen molar-refractivity contribution in [1.82, 2.24) is 0 Å². The first-order chi connectivity index (χ1) is 20.2. The highest BCUT2D eigenvalue weighted by Crippen LogP contribution is 2.42. The van der Waals surface area contributed by atoms with Crippen molar-refractivity contribution >= 4 is 18.4 Å². The molecule has 0 fully saturated rings. The molecule has 1 atom stereocenters. The molecule has 10 heteroatoms. The summed E-state index contributed by atoms with van der Waals surface area (Å²) >= 11 is 0. The number of benzene rings is 3. The van der Waals surface area contributed by atoms with Gasteiger partial charge in [-0.2, -0.15) is 8.42 Å². The zero-order valence-corrected chi connectivity index (χ0v) is 28.4. The molecule has 8 nitrogen and oxygen atoms in total. The summed E-state index contributed by atoms with van der Waals surface area (Å²) in [7, 11) is -2.44. The van der Waals surface area contributed by atoms with E-state index >= 15 is 0 Å². The van der Waals surface area contributed by atoms with E-state index in [1.165, 1.54) is 0 Å². The van der Waals surface area contributed by atoms with E-state index in [0.29, 0.717) is 0 Å². The molecule has 3 aromatic rings. The van der Waals surface area contributed by atoms with Gasteiger partial charge in [0.1, 0.15) is 23.2 Å². The van der Waals surface area contributed by atoms with Crippen molar-refractivity contribution in [3.63, 3.8) is 0 Å². The maximum atomic E-state index is 11.5. The van der Waals surface area contributed by atoms with Crippen LogP contribution >= 0.6 is 0 Å². The zero-order valence-electron chi connectivity index (χ0n) is 26.6. The van der Waals surface area contributed by atoms with E-state index in [2.05, 4.69) is 33.9 Å². The van der Waals surface area contributed by atoms with Gasteiger partial charge in [0.25, 0.3) is 10.1 Å². The fourth-order valence-electron chi connectivity index (χ4n) is 4.35. The van der Waals surface area contributed by atoms with Crippen LogP contribution in [0.4, 0.5) is 0 Å². The highest BCUT2D eigenvalue weighted by atomic mass is 32.2. The molecule has 3 aromatic carbocycles. The molecule has 0 bridgehead atoms. The molecule has 0 heterocycles. The van der Waals surface area contributed by atoms with Crippen molar-refractivity contribution < 1.29 is 36.0 Å². The minimum atomic E-state index is -3.59. The summed E-state index contributed by atoms with van der Waals surface area (Å²) in [6.07, 6.45) is 0.517. The van der Waals surface area contributed by atoms with Gasteiger partial charge in [-0.25, -0.2) is 0 Å². The number of hydrogen-bond acceptors (Lipinski definition) is 8. The summed E-state index contributed by atoms with van der Waals surface area (Å²) in [4.78, 5) is 0. The lowest BCUT2D eigenvalue weighted by molar-refractivity contribution is -0.0825. The minimum absolute atomic E-state index is 0.00219. The number of ether oxygens (including phenoxy) is 4. The van der Waals surface area contributed by atoms with Crippen molar-refractivity contribution in [1.29, 1.82) is 0 Å². The second-order valence-corrected chi connectivity index (χ2v) is 18.4. The lowest BCUT2D eigenvalue weighted by atomic mass is 9.80. The van der Waals surface area contributed by atoms with Crippen LogP contribution in [-0.2, 0) is 33.8 Å². The Balaban J connectivity index is 2.05. The van der Waals surface area contributed by atoms with E-state index in [9.17, 15) is 8.42 Å². The van der Waals surface area contributed by atoms with Gasteiger partial charge >= 0.3 is 0 Å². The molecule has 0 spiro atoms. The first-order valence-electron chi connectivity index (χ1n) is 14.3. The average Bonchev–Trinajstić information content (AvgIpc) is 2.98. The van der Waals surface area contributed by atoms with E-state index in [4.69, 9.17) is 27.6 Å². The molecule has 0 aliphatic heterocycles. The van der Waals surface area contributed by atoms with Gasteiger partial charge < -0.3 is 23.4 Å². The van der Waals surface area contributed by atoms with Crippen LogP contribution in [0.15, 0.2) is 78.9 Å². The molecule has 3 rings (SSSR count). The first-order valence-corrected chi connectivity index (χ1v) is 19.0. The van der Waals surface area contributed by atoms with E-state index in [1.807, 2.05) is 78.9 Å². The Labute approximate surface area is 258 Å². The van der Waals surface area contributed by atoms with E-state index in [1.54, 1.807) is 14.2 Å². The van der Waals surface area contributed by atoms with Crippen LogP contribution in [0, 0.1) is 0 Å². The van der Waals surface area contributed by atoms with Crippen LogP contribution in [0.25, 0.3) is 0 Å². The predicted octanol–water partition coefficient (Wildman–Crippen LogP) is 6.40. The second-order valence-electron chi connectivity index (χ2n) is 11.9. The minimum Gasteiger partial charge on any atom is -0.497 e. The maximum absolute atomic E-state index is 11.5. The molecule has 236 valence electrons. The molecule has 0 N–H and O–H groups in total. The van der Waals surface area contributed by atoms with Gasteiger partial charge in [-0.1, -0.05) is 75.4 Å². The molecule has 0 saturated carbocycles. The monoisotopic (exact) mass is 630 g/mol. The van der Waals surface area contributed by atoms with Crippen molar-refractivity contribution in [2.75, 3.05) is 46.9 Å².